The number of ketones is 1. The first-order valence-corrected chi connectivity index (χ1v) is 8.46. The van der Waals surface area contributed by atoms with E-state index >= 15 is 0 Å². The molecule has 25 heavy (non-hydrogen) atoms. The van der Waals surface area contributed by atoms with Crippen molar-refractivity contribution in [2.24, 2.45) is 0 Å². The number of carbonyl (C=O) groups is 2. The number of rotatable bonds is 4. The van der Waals surface area contributed by atoms with Gasteiger partial charge in [-0.05, 0) is 36.4 Å². The fourth-order valence-corrected chi connectivity index (χ4v) is 3.59. The van der Waals surface area contributed by atoms with E-state index in [-0.39, 0.29) is 16.5 Å². The molecule has 0 aliphatic rings. The number of halogens is 3. The SMILES string of the molecule is CC(C(=O)c1ccc(Cl)cc1)c1c(C(=O)O)[nH]c2cc(Cl)cc(Cl)c12. The Kier molecular flexibility index (Phi) is 4.78. The molecule has 0 bridgehead atoms. The first kappa shape index (κ1) is 17.8. The third kappa shape index (κ3) is 3.25. The van der Waals surface area contributed by atoms with Crippen LogP contribution in [0.5, 0.6) is 0 Å². The molecule has 0 amide bonds. The van der Waals surface area contributed by atoms with Crippen molar-refractivity contribution in [2.75, 3.05) is 0 Å². The molecule has 1 atom stereocenters. The van der Waals surface area contributed by atoms with E-state index in [2.05, 4.69) is 4.98 Å². The lowest BCUT2D eigenvalue weighted by molar-refractivity contribution is 0.0690. The fraction of sp³-hybridized carbons (Fsp3) is 0.111. The maximum absolute atomic E-state index is 12.8. The predicted molar refractivity (Wildman–Crippen MR) is 99.5 cm³/mol. The van der Waals surface area contributed by atoms with Crippen molar-refractivity contribution in [3.63, 3.8) is 0 Å². The summed E-state index contributed by atoms with van der Waals surface area (Å²) in [5, 5.41) is 11.2. The third-order valence-corrected chi connectivity index (χ3v) is 4.79. The number of carboxylic acid groups (broad SMARTS) is 1. The Morgan fingerprint density at radius 2 is 1.68 bits per heavy atom. The molecule has 2 N–H and O–H groups in total. The van der Waals surface area contributed by atoms with Crippen LogP contribution in [0.1, 0.15) is 39.3 Å². The summed E-state index contributed by atoms with van der Waals surface area (Å²) in [4.78, 5) is 27.3. The van der Waals surface area contributed by atoms with Crippen molar-refractivity contribution in [3.05, 3.63) is 68.3 Å². The van der Waals surface area contributed by atoms with Gasteiger partial charge in [-0.2, -0.15) is 0 Å². The number of hydrogen-bond donors (Lipinski definition) is 2. The van der Waals surface area contributed by atoms with Crippen molar-refractivity contribution in [2.45, 2.75) is 12.8 Å². The highest BCUT2D eigenvalue weighted by Gasteiger charge is 2.28. The lowest BCUT2D eigenvalue weighted by Crippen LogP contribution is -2.13. The Bertz CT molecular complexity index is 993. The second-order valence-corrected chi connectivity index (χ2v) is 6.90. The fourth-order valence-electron chi connectivity index (χ4n) is 2.87. The zero-order valence-corrected chi connectivity index (χ0v) is 15.2. The monoisotopic (exact) mass is 395 g/mol. The Balaban J connectivity index is 2.19. The summed E-state index contributed by atoms with van der Waals surface area (Å²) in [6, 6.07) is 9.54. The quantitative estimate of drug-likeness (QED) is 0.546. The van der Waals surface area contributed by atoms with Crippen LogP contribution in [0.15, 0.2) is 36.4 Å². The Hall–Kier alpha value is -2.01. The van der Waals surface area contributed by atoms with Gasteiger partial charge in [-0.15, -0.1) is 0 Å². The Morgan fingerprint density at radius 1 is 1.04 bits per heavy atom. The van der Waals surface area contributed by atoms with Gasteiger partial charge in [-0.3, -0.25) is 4.79 Å². The number of benzene rings is 2. The van der Waals surface area contributed by atoms with Crippen LogP contribution in [0.25, 0.3) is 10.9 Å². The van der Waals surface area contributed by atoms with Crippen molar-refractivity contribution in [1.29, 1.82) is 0 Å². The zero-order valence-electron chi connectivity index (χ0n) is 12.9. The van der Waals surface area contributed by atoms with Gasteiger partial charge in [0.15, 0.2) is 5.78 Å². The summed E-state index contributed by atoms with van der Waals surface area (Å²) < 4.78 is 0. The summed E-state index contributed by atoms with van der Waals surface area (Å²) in [6.45, 7) is 1.65. The number of carbonyl (C=O) groups excluding carboxylic acids is 1. The molecule has 0 saturated heterocycles. The molecule has 0 radical (unpaired) electrons. The molecular formula is C18H12Cl3NO3. The number of H-pyrrole nitrogens is 1. The summed E-state index contributed by atoms with van der Waals surface area (Å²) >= 11 is 18.1. The van der Waals surface area contributed by atoms with Crippen LogP contribution in [0, 0.1) is 0 Å². The van der Waals surface area contributed by atoms with Gasteiger partial charge in [0.05, 0.1) is 5.02 Å². The maximum Gasteiger partial charge on any atom is 0.352 e. The topological polar surface area (TPSA) is 70.2 Å². The molecule has 2 aromatic carbocycles. The highest BCUT2D eigenvalue weighted by atomic mass is 35.5. The summed E-state index contributed by atoms with van der Waals surface area (Å²) in [5.74, 6) is -2.13. The smallest absolute Gasteiger partial charge is 0.352 e. The molecule has 128 valence electrons. The number of aromatic carboxylic acids is 1. The van der Waals surface area contributed by atoms with Gasteiger partial charge >= 0.3 is 5.97 Å². The van der Waals surface area contributed by atoms with Crippen molar-refractivity contribution < 1.29 is 14.7 Å². The van der Waals surface area contributed by atoms with Gasteiger partial charge in [-0.1, -0.05) is 41.7 Å². The predicted octanol–water partition coefficient (Wildman–Crippen LogP) is 5.81. The lowest BCUT2D eigenvalue weighted by atomic mass is 9.90. The van der Waals surface area contributed by atoms with E-state index < -0.39 is 11.9 Å². The molecule has 0 spiro atoms. The van der Waals surface area contributed by atoms with Gasteiger partial charge in [-0.25, -0.2) is 4.79 Å². The molecule has 7 heteroatoms. The number of nitrogens with one attached hydrogen (secondary N) is 1. The van der Waals surface area contributed by atoms with Gasteiger partial charge in [0.1, 0.15) is 5.69 Å². The minimum Gasteiger partial charge on any atom is -0.477 e. The van der Waals surface area contributed by atoms with Crippen LogP contribution in [0.2, 0.25) is 15.1 Å². The van der Waals surface area contributed by atoms with Gasteiger partial charge in [0.25, 0.3) is 0 Å². The zero-order chi connectivity index (χ0) is 18.3. The number of Topliss-reactive ketones (excluding diaryl/α,β-unsaturated/α-hetero) is 1. The average Bonchev–Trinajstić information content (AvgIpc) is 2.94. The van der Waals surface area contributed by atoms with Gasteiger partial charge in [0.2, 0.25) is 0 Å². The van der Waals surface area contributed by atoms with Crippen molar-refractivity contribution in [1.82, 2.24) is 4.98 Å². The average molecular weight is 397 g/mol. The molecule has 0 saturated carbocycles. The molecule has 1 unspecified atom stereocenters. The molecular weight excluding hydrogens is 385 g/mol. The van der Waals surface area contributed by atoms with E-state index in [0.717, 1.165) is 0 Å². The van der Waals surface area contributed by atoms with E-state index in [9.17, 15) is 14.7 Å². The van der Waals surface area contributed by atoms with Crippen molar-refractivity contribution in [3.8, 4) is 0 Å². The lowest BCUT2D eigenvalue weighted by Gasteiger charge is -2.12. The standard InChI is InChI=1S/C18H12Cl3NO3/c1-8(17(23)9-2-4-10(19)5-3-9)14-15-12(21)6-11(20)7-13(15)22-16(14)18(24)25/h2-8,22H,1H3,(H,24,25). The van der Waals surface area contributed by atoms with Crippen LogP contribution in [-0.2, 0) is 0 Å². The minimum absolute atomic E-state index is 0.0750. The summed E-state index contributed by atoms with van der Waals surface area (Å²) in [5.41, 5.74) is 1.17. The number of fused-ring (bicyclic) bond motifs is 1. The number of hydrogen-bond acceptors (Lipinski definition) is 2. The first-order chi connectivity index (χ1) is 11.8. The highest BCUT2D eigenvalue weighted by Crippen LogP contribution is 2.37. The molecule has 1 aromatic heterocycles. The first-order valence-electron chi connectivity index (χ1n) is 7.33. The highest BCUT2D eigenvalue weighted by molar-refractivity contribution is 6.39. The van der Waals surface area contributed by atoms with Crippen LogP contribution < -0.4 is 0 Å². The van der Waals surface area contributed by atoms with E-state index in [1.807, 2.05) is 0 Å². The molecule has 0 fully saturated rings. The van der Waals surface area contributed by atoms with Crippen LogP contribution in [0.4, 0.5) is 0 Å². The Morgan fingerprint density at radius 3 is 2.28 bits per heavy atom. The van der Waals surface area contributed by atoms with E-state index in [1.165, 1.54) is 6.07 Å². The molecule has 3 aromatic rings. The molecule has 1 heterocycles. The van der Waals surface area contributed by atoms with Crippen LogP contribution in [0.3, 0.4) is 0 Å². The largest absolute Gasteiger partial charge is 0.477 e. The summed E-state index contributed by atoms with van der Waals surface area (Å²) in [6.07, 6.45) is 0. The normalized spacial score (nSPS) is 12.3. The molecule has 0 aliphatic heterocycles. The second-order valence-electron chi connectivity index (χ2n) is 5.62. The number of carboxylic acids is 1. The van der Waals surface area contributed by atoms with E-state index in [4.69, 9.17) is 34.8 Å². The maximum atomic E-state index is 12.8. The minimum atomic E-state index is -1.17. The number of aromatic amines is 1. The molecule has 0 aliphatic carbocycles. The van der Waals surface area contributed by atoms with Crippen molar-refractivity contribution >= 4 is 57.5 Å². The van der Waals surface area contributed by atoms with Gasteiger partial charge in [0, 0.05) is 38.0 Å². The molecule has 4 nitrogen and oxygen atoms in total. The van der Waals surface area contributed by atoms with E-state index in [0.29, 0.717) is 32.1 Å². The summed E-state index contributed by atoms with van der Waals surface area (Å²) in [7, 11) is 0. The van der Waals surface area contributed by atoms with Crippen LogP contribution in [-0.4, -0.2) is 21.8 Å². The molecule has 3 rings (SSSR count). The van der Waals surface area contributed by atoms with E-state index in [1.54, 1.807) is 37.3 Å². The van der Waals surface area contributed by atoms with Crippen LogP contribution >= 0.6 is 34.8 Å². The second kappa shape index (κ2) is 6.71. The number of aromatic nitrogens is 1. The third-order valence-electron chi connectivity index (χ3n) is 4.02. The Labute approximate surface area is 158 Å². The van der Waals surface area contributed by atoms with Gasteiger partial charge < -0.3 is 10.1 Å².